The summed E-state index contributed by atoms with van der Waals surface area (Å²) >= 11 is 0. The van der Waals surface area contributed by atoms with E-state index in [-0.39, 0.29) is 17.7 Å². The molecule has 0 saturated carbocycles. The summed E-state index contributed by atoms with van der Waals surface area (Å²) in [5.74, 6) is -0.485. The van der Waals surface area contributed by atoms with Gasteiger partial charge in [0.2, 0.25) is 0 Å². The van der Waals surface area contributed by atoms with Crippen LogP contribution in [0.15, 0.2) is 66.8 Å². The number of Topliss-reactive ketones (excluding diaryl/α,β-unsaturated/α-hetero) is 1. The highest BCUT2D eigenvalue weighted by Crippen LogP contribution is 2.35. The van der Waals surface area contributed by atoms with E-state index < -0.39 is 0 Å². The summed E-state index contributed by atoms with van der Waals surface area (Å²) in [7, 11) is 1.44. The van der Waals surface area contributed by atoms with Crippen molar-refractivity contribution >= 4 is 63.7 Å². The summed E-state index contributed by atoms with van der Waals surface area (Å²) in [5.41, 5.74) is 14.8. The van der Waals surface area contributed by atoms with Gasteiger partial charge >= 0.3 is 5.97 Å². The molecule has 0 saturated heterocycles. The second-order valence-corrected chi connectivity index (χ2v) is 14.8. The Morgan fingerprint density at radius 1 is 0.655 bits per heavy atom. The van der Waals surface area contributed by atoms with Crippen molar-refractivity contribution in [2.45, 2.75) is 91.4 Å². The van der Waals surface area contributed by atoms with Gasteiger partial charge < -0.3 is 14.7 Å². The molecule has 8 bridgehead atoms. The second kappa shape index (κ2) is 17.3. The zero-order valence-corrected chi connectivity index (χ0v) is 32.6. The van der Waals surface area contributed by atoms with Gasteiger partial charge in [-0.3, -0.25) is 9.59 Å². The predicted molar refractivity (Wildman–Crippen MR) is 227 cm³/mol. The Balaban J connectivity index is 1.52. The van der Waals surface area contributed by atoms with E-state index in [4.69, 9.17) is 14.7 Å². The maximum absolute atomic E-state index is 12.4. The standard InChI is InChI=1S/C48H52N4O3/c1-5-7-9-11-13-36-38-23-27-42(49-38)46(33-17-15-32(16-18-33)31(3)53)43-28-24-39(50-43)37(14-12-10-8-6-2)41-26-30-45(52-41)47(44-29-25-40(36)51-44)34-19-21-35(22-20-34)48(54)55-4/h15-21,23-30,35,49,52H,5-14,22H2,1-4H3. The van der Waals surface area contributed by atoms with Gasteiger partial charge in [-0.05, 0) is 98.7 Å². The van der Waals surface area contributed by atoms with Crippen molar-refractivity contribution in [1.82, 2.24) is 19.9 Å². The lowest BCUT2D eigenvalue weighted by Crippen LogP contribution is -2.14. The lowest BCUT2D eigenvalue weighted by Gasteiger charge is -2.15. The van der Waals surface area contributed by atoms with E-state index in [0.29, 0.717) is 12.0 Å². The molecule has 7 nitrogen and oxygen atoms in total. The molecule has 4 aromatic rings. The molecule has 2 N–H and O–H groups in total. The second-order valence-electron chi connectivity index (χ2n) is 14.8. The SMILES string of the molecule is CCCCCCc1c2nc(c(-c3ccc(C(C)=O)cc3)c3ccc([nH]3)c(CCCCCC)c3nc(c(C4=CCC(C(=O)OC)C=C4)c4ccc1[nH]4)C=C3)C=C2. The van der Waals surface area contributed by atoms with Crippen LogP contribution in [0.3, 0.4) is 0 Å². The molecule has 1 aromatic carbocycles. The number of aromatic nitrogens is 4. The fourth-order valence-electron chi connectivity index (χ4n) is 7.92. The van der Waals surface area contributed by atoms with Crippen molar-refractivity contribution < 1.29 is 14.3 Å². The molecule has 1 unspecified atom stereocenters. The number of fused-ring (bicyclic) bond motifs is 8. The lowest BCUT2D eigenvalue weighted by molar-refractivity contribution is -0.143. The molecule has 3 aliphatic rings. The number of rotatable bonds is 14. The van der Waals surface area contributed by atoms with Crippen molar-refractivity contribution in [1.29, 1.82) is 0 Å². The number of nitrogens with zero attached hydrogens (tertiary/aromatic N) is 2. The third kappa shape index (κ3) is 8.26. The van der Waals surface area contributed by atoms with Gasteiger partial charge in [0, 0.05) is 49.9 Å². The van der Waals surface area contributed by atoms with Crippen LogP contribution in [-0.4, -0.2) is 38.8 Å². The molecule has 2 aliphatic heterocycles. The molecule has 0 radical (unpaired) electrons. The molecule has 55 heavy (non-hydrogen) atoms. The van der Waals surface area contributed by atoms with Crippen molar-refractivity contribution in [2.24, 2.45) is 5.92 Å². The van der Waals surface area contributed by atoms with E-state index in [1.54, 1.807) is 6.92 Å². The number of methoxy groups -OCH3 is 1. The van der Waals surface area contributed by atoms with Crippen LogP contribution >= 0.6 is 0 Å². The number of ether oxygens (including phenoxy) is 1. The minimum atomic E-state index is -0.303. The van der Waals surface area contributed by atoms with Gasteiger partial charge in [-0.2, -0.15) is 0 Å². The minimum absolute atomic E-state index is 0.0449. The topological polar surface area (TPSA) is 101 Å². The number of hydrogen-bond acceptors (Lipinski definition) is 5. The predicted octanol–water partition coefficient (Wildman–Crippen LogP) is 11.9. The van der Waals surface area contributed by atoms with Crippen LogP contribution in [0.2, 0.25) is 0 Å². The smallest absolute Gasteiger partial charge is 0.312 e. The molecule has 1 atom stereocenters. The number of aromatic amines is 2. The van der Waals surface area contributed by atoms with E-state index >= 15 is 0 Å². The summed E-state index contributed by atoms with van der Waals surface area (Å²) in [4.78, 5) is 43.0. The third-order valence-electron chi connectivity index (χ3n) is 11.0. The summed E-state index contributed by atoms with van der Waals surface area (Å²) < 4.78 is 5.06. The quantitative estimate of drug-likeness (QED) is 0.0659. The monoisotopic (exact) mass is 732 g/mol. The molecular weight excluding hydrogens is 681 g/mol. The van der Waals surface area contributed by atoms with Gasteiger partial charge in [0.15, 0.2) is 5.78 Å². The summed E-state index contributed by atoms with van der Waals surface area (Å²) in [6.07, 6.45) is 26.2. The van der Waals surface area contributed by atoms with Gasteiger partial charge in [0.25, 0.3) is 0 Å². The third-order valence-corrected chi connectivity index (χ3v) is 11.0. The first-order chi connectivity index (χ1) is 26.9. The molecule has 282 valence electrons. The van der Waals surface area contributed by atoms with Gasteiger partial charge in [-0.15, -0.1) is 0 Å². The number of aryl methyl sites for hydroxylation is 2. The summed E-state index contributed by atoms with van der Waals surface area (Å²) in [6.45, 7) is 6.08. The molecule has 7 heteroatoms. The van der Waals surface area contributed by atoms with E-state index in [2.05, 4.69) is 78.5 Å². The molecule has 0 amide bonds. The van der Waals surface area contributed by atoms with Gasteiger partial charge in [0.1, 0.15) is 0 Å². The van der Waals surface area contributed by atoms with Gasteiger partial charge in [-0.25, -0.2) is 9.97 Å². The van der Waals surface area contributed by atoms with Gasteiger partial charge in [0.05, 0.1) is 35.8 Å². The highest BCUT2D eigenvalue weighted by molar-refractivity contribution is 5.97. The number of carbonyl (C=O) groups is 2. The van der Waals surface area contributed by atoms with Crippen LogP contribution in [0, 0.1) is 5.92 Å². The van der Waals surface area contributed by atoms with Gasteiger partial charge in [-0.1, -0.05) is 94.9 Å². The number of hydrogen-bond donors (Lipinski definition) is 2. The zero-order valence-electron chi connectivity index (χ0n) is 32.6. The van der Waals surface area contributed by atoms with E-state index in [1.807, 2.05) is 36.4 Å². The lowest BCUT2D eigenvalue weighted by atomic mass is 9.92. The maximum Gasteiger partial charge on any atom is 0.312 e. The fourth-order valence-corrected chi connectivity index (χ4v) is 7.92. The number of esters is 1. The highest BCUT2D eigenvalue weighted by Gasteiger charge is 2.22. The molecular formula is C48H52N4O3. The normalized spacial score (nSPS) is 14.7. The first-order valence-corrected chi connectivity index (χ1v) is 20.1. The number of benzene rings is 1. The first-order valence-electron chi connectivity index (χ1n) is 20.1. The Morgan fingerprint density at radius 2 is 1.18 bits per heavy atom. The van der Waals surface area contributed by atoms with E-state index in [1.165, 1.54) is 43.9 Å². The van der Waals surface area contributed by atoms with Crippen molar-refractivity contribution in [3.8, 4) is 11.1 Å². The Kier molecular flexibility index (Phi) is 11.9. The van der Waals surface area contributed by atoms with Crippen LogP contribution in [-0.2, 0) is 22.4 Å². The van der Waals surface area contributed by atoms with Crippen LogP contribution in [0.4, 0.5) is 0 Å². The average Bonchev–Trinajstić information content (AvgIpc) is 4.05. The molecule has 7 rings (SSSR count). The Bertz CT molecular complexity index is 2360. The van der Waals surface area contributed by atoms with Crippen LogP contribution in [0.5, 0.6) is 0 Å². The molecule has 5 heterocycles. The van der Waals surface area contributed by atoms with Crippen molar-refractivity contribution in [2.75, 3.05) is 7.11 Å². The van der Waals surface area contributed by atoms with E-state index in [9.17, 15) is 9.59 Å². The average molecular weight is 733 g/mol. The maximum atomic E-state index is 12.4. The van der Waals surface area contributed by atoms with Crippen molar-refractivity contribution in [3.05, 3.63) is 112 Å². The largest absolute Gasteiger partial charge is 0.469 e. The number of allylic oxidation sites excluding steroid dienone is 3. The van der Waals surface area contributed by atoms with Crippen molar-refractivity contribution in [3.63, 3.8) is 0 Å². The molecule has 1 aliphatic carbocycles. The summed E-state index contributed by atoms with van der Waals surface area (Å²) in [5, 5.41) is 0. The Hall–Kier alpha value is -5.56. The van der Waals surface area contributed by atoms with Crippen LogP contribution in [0.25, 0.3) is 63.1 Å². The Morgan fingerprint density at radius 3 is 1.69 bits per heavy atom. The summed E-state index contributed by atoms with van der Waals surface area (Å²) in [6, 6.07) is 16.6. The molecule has 3 aromatic heterocycles. The van der Waals surface area contributed by atoms with E-state index in [0.717, 1.165) is 106 Å². The number of H-pyrrole nitrogens is 2. The number of nitrogens with one attached hydrogen (secondary N) is 2. The van der Waals surface area contributed by atoms with Crippen LogP contribution in [0.1, 0.15) is 128 Å². The Labute approximate surface area is 324 Å². The number of carbonyl (C=O) groups excluding carboxylic acids is 2. The highest BCUT2D eigenvalue weighted by atomic mass is 16.5. The first kappa shape index (κ1) is 37.7. The zero-order chi connectivity index (χ0) is 38.3. The number of unbranched alkanes of at least 4 members (excludes halogenated alkanes) is 6. The minimum Gasteiger partial charge on any atom is -0.469 e. The molecule has 0 fully saturated rings. The number of ketones is 1. The fraction of sp³-hybridized carbons (Fsp3) is 0.333. The molecule has 0 spiro atoms. The van der Waals surface area contributed by atoms with Crippen LogP contribution < -0.4 is 0 Å².